The molecule has 0 aliphatic carbocycles. The summed E-state index contributed by atoms with van der Waals surface area (Å²) in [6, 6.07) is 3.45. The smallest absolute Gasteiger partial charge is 0.307 e. The third kappa shape index (κ3) is 4.69. The fourth-order valence-corrected chi connectivity index (χ4v) is 1.69. The molecule has 1 heterocycles. The van der Waals surface area contributed by atoms with Crippen LogP contribution in [0.5, 0.6) is 0 Å². The maximum Gasteiger partial charge on any atom is 0.307 e. The Hall–Kier alpha value is -1.91. The molecule has 0 saturated heterocycles. The van der Waals surface area contributed by atoms with Crippen LogP contribution in [0.15, 0.2) is 24.5 Å². The molecule has 0 fully saturated rings. The first-order chi connectivity index (χ1) is 9.06. The fraction of sp³-hybridized carbons (Fsp3) is 0.500. The van der Waals surface area contributed by atoms with E-state index in [4.69, 9.17) is 4.74 Å². The number of hydrogen-bond donors (Lipinski definition) is 0. The number of aromatic nitrogens is 1. The normalized spacial score (nSPS) is 10.3. The highest BCUT2D eigenvalue weighted by Gasteiger charge is 2.19. The van der Waals surface area contributed by atoms with E-state index in [1.807, 2.05) is 13.8 Å². The van der Waals surface area contributed by atoms with Gasteiger partial charge in [-0.1, -0.05) is 0 Å². The molecule has 0 aliphatic rings. The number of rotatable bonds is 6. The van der Waals surface area contributed by atoms with Crippen molar-refractivity contribution in [1.29, 1.82) is 0 Å². The summed E-state index contributed by atoms with van der Waals surface area (Å²) in [5.74, 6) is -0.403. The molecule has 0 atom stereocenters. The van der Waals surface area contributed by atoms with Gasteiger partial charge in [-0.2, -0.15) is 0 Å². The number of hydrogen-bond acceptors (Lipinski definition) is 4. The van der Waals surface area contributed by atoms with E-state index < -0.39 is 0 Å². The van der Waals surface area contributed by atoms with Crippen molar-refractivity contribution in [1.82, 2.24) is 9.88 Å². The van der Waals surface area contributed by atoms with E-state index in [0.717, 1.165) is 0 Å². The summed E-state index contributed by atoms with van der Waals surface area (Å²) < 4.78 is 4.87. The van der Waals surface area contributed by atoms with Gasteiger partial charge < -0.3 is 9.64 Å². The lowest BCUT2D eigenvalue weighted by Crippen LogP contribution is -2.38. The van der Waals surface area contributed by atoms with Crippen LogP contribution in [0.3, 0.4) is 0 Å². The Balaban J connectivity index is 2.68. The summed E-state index contributed by atoms with van der Waals surface area (Å²) in [6.07, 6.45) is 3.36. The highest BCUT2D eigenvalue weighted by molar-refractivity contribution is 5.94. The fourth-order valence-electron chi connectivity index (χ4n) is 1.69. The van der Waals surface area contributed by atoms with E-state index in [-0.39, 0.29) is 24.3 Å². The molecule has 0 radical (unpaired) electrons. The van der Waals surface area contributed by atoms with Gasteiger partial charge in [0.25, 0.3) is 5.91 Å². The Labute approximate surface area is 113 Å². The molecule has 0 N–H and O–H groups in total. The van der Waals surface area contributed by atoms with Crippen molar-refractivity contribution < 1.29 is 14.3 Å². The molecular formula is C14H20N2O3. The molecular weight excluding hydrogens is 244 g/mol. The van der Waals surface area contributed by atoms with Gasteiger partial charge in [0, 0.05) is 25.0 Å². The molecule has 19 heavy (non-hydrogen) atoms. The summed E-state index contributed by atoms with van der Waals surface area (Å²) in [5.41, 5.74) is 0.528. The first-order valence-electron chi connectivity index (χ1n) is 6.42. The van der Waals surface area contributed by atoms with E-state index >= 15 is 0 Å². The van der Waals surface area contributed by atoms with Gasteiger partial charge in [-0.3, -0.25) is 14.6 Å². The molecule has 5 nitrogen and oxygen atoms in total. The third-order valence-corrected chi connectivity index (χ3v) is 2.65. The Morgan fingerprint density at radius 2 is 2.16 bits per heavy atom. The third-order valence-electron chi connectivity index (χ3n) is 2.65. The van der Waals surface area contributed by atoms with Crippen LogP contribution in [0, 0.1) is 0 Å². The minimum absolute atomic E-state index is 0.0159. The summed E-state index contributed by atoms with van der Waals surface area (Å²) in [5, 5.41) is 0. The van der Waals surface area contributed by atoms with Crippen molar-refractivity contribution in [2.45, 2.75) is 33.2 Å². The number of ether oxygens (including phenoxy) is 1. The highest BCUT2D eigenvalue weighted by Crippen LogP contribution is 2.08. The number of carbonyl (C=O) groups is 2. The summed E-state index contributed by atoms with van der Waals surface area (Å²) in [7, 11) is 0. The molecule has 5 heteroatoms. The second-order valence-corrected chi connectivity index (χ2v) is 4.39. The van der Waals surface area contributed by atoms with Gasteiger partial charge in [0.05, 0.1) is 18.6 Å². The van der Waals surface area contributed by atoms with Crippen molar-refractivity contribution in [3.8, 4) is 0 Å². The Bertz CT molecular complexity index is 418. The lowest BCUT2D eigenvalue weighted by molar-refractivity contribution is -0.143. The van der Waals surface area contributed by atoms with E-state index in [2.05, 4.69) is 4.98 Å². The van der Waals surface area contributed by atoms with Crippen molar-refractivity contribution in [2.75, 3.05) is 13.2 Å². The van der Waals surface area contributed by atoms with Crippen LogP contribution in [0.1, 0.15) is 37.6 Å². The van der Waals surface area contributed by atoms with Gasteiger partial charge in [-0.05, 0) is 32.9 Å². The SMILES string of the molecule is CCOC(=O)CCN(C(=O)c1cccnc1)C(C)C. The van der Waals surface area contributed by atoms with E-state index in [1.54, 1.807) is 30.2 Å². The molecule has 1 aromatic heterocycles. The Morgan fingerprint density at radius 1 is 1.42 bits per heavy atom. The maximum absolute atomic E-state index is 12.3. The highest BCUT2D eigenvalue weighted by atomic mass is 16.5. The molecule has 1 rings (SSSR count). The molecule has 104 valence electrons. The van der Waals surface area contributed by atoms with Crippen molar-refractivity contribution in [2.24, 2.45) is 0 Å². The van der Waals surface area contributed by atoms with Crippen LogP contribution in [0.4, 0.5) is 0 Å². The van der Waals surface area contributed by atoms with Gasteiger partial charge in [-0.15, -0.1) is 0 Å². The van der Waals surface area contributed by atoms with Gasteiger partial charge >= 0.3 is 5.97 Å². The first kappa shape index (κ1) is 15.1. The molecule has 0 saturated carbocycles. The molecule has 0 aliphatic heterocycles. The van der Waals surface area contributed by atoms with Gasteiger partial charge in [-0.25, -0.2) is 0 Å². The predicted molar refractivity (Wildman–Crippen MR) is 71.7 cm³/mol. The van der Waals surface area contributed by atoms with E-state index in [1.165, 1.54) is 6.20 Å². The monoisotopic (exact) mass is 264 g/mol. The van der Waals surface area contributed by atoms with Crippen LogP contribution in [-0.2, 0) is 9.53 Å². The van der Waals surface area contributed by atoms with Crippen LogP contribution in [-0.4, -0.2) is 41.0 Å². The zero-order chi connectivity index (χ0) is 14.3. The number of esters is 1. The second kappa shape index (κ2) is 7.51. The summed E-state index contributed by atoms with van der Waals surface area (Å²) in [4.78, 5) is 29.2. The van der Waals surface area contributed by atoms with Gasteiger partial charge in [0.15, 0.2) is 0 Å². The average Bonchev–Trinajstić information content (AvgIpc) is 2.39. The molecule has 0 aromatic carbocycles. The molecule has 0 bridgehead atoms. The number of pyridine rings is 1. The topological polar surface area (TPSA) is 59.5 Å². The number of nitrogens with zero attached hydrogens (tertiary/aromatic N) is 2. The van der Waals surface area contributed by atoms with Crippen LogP contribution in [0.25, 0.3) is 0 Å². The second-order valence-electron chi connectivity index (χ2n) is 4.39. The van der Waals surface area contributed by atoms with Gasteiger partial charge in [0.2, 0.25) is 0 Å². The van der Waals surface area contributed by atoms with Gasteiger partial charge in [0.1, 0.15) is 0 Å². The lowest BCUT2D eigenvalue weighted by Gasteiger charge is -2.26. The zero-order valence-electron chi connectivity index (χ0n) is 11.6. The largest absolute Gasteiger partial charge is 0.466 e. The molecule has 0 unspecified atom stereocenters. The molecule has 0 spiro atoms. The van der Waals surface area contributed by atoms with Crippen molar-refractivity contribution in [3.63, 3.8) is 0 Å². The van der Waals surface area contributed by atoms with Crippen LogP contribution >= 0.6 is 0 Å². The summed E-state index contributed by atoms with van der Waals surface area (Å²) in [6.45, 7) is 6.30. The Kier molecular flexibility index (Phi) is 5.99. The minimum Gasteiger partial charge on any atom is -0.466 e. The van der Waals surface area contributed by atoms with Crippen molar-refractivity contribution in [3.05, 3.63) is 30.1 Å². The predicted octanol–water partition coefficient (Wildman–Crippen LogP) is 1.89. The van der Waals surface area contributed by atoms with E-state index in [0.29, 0.717) is 18.7 Å². The van der Waals surface area contributed by atoms with Crippen LogP contribution in [0.2, 0.25) is 0 Å². The zero-order valence-corrected chi connectivity index (χ0v) is 11.6. The lowest BCUT2D eigenvalue weighted by atomic mass is 10.2. The quantitative estimate of drug-likeness (QED) is 0.736. The Morgan fingerprint density at radius 3 is 2.68 bits per heavy atom. The van der Waals surface area contributed by atoms with E-state index in [9.17, 15) is 9.59 Å². The molecule has 1 amide bonds. The maximum atomic E-state index is 12.3. The summed E-state index contributed by atoms with van der Waals surface area (Å²) >= 11 is 0. The number of carbonyl (C=O) groups excluding carboxylic acids is 2. The first-order valence-corrected chi connectivity index (χ1v) is 6.42. The van der Waals surface area contributed by atoms with Crippen LogP contribution < -0.4 is 0 Å². The molecule has 1 aromatic rings. The number of amides is 1. The minimum atomic E-state index is -0.285. The average molecular weight is 264 g/mol. The standard InChI is InChI=1S/C14H20N2O3/c1-4-19-13(17)7-9-16(11(2)3)14(18)12-6-5-8-15-10-12/h5-6,8,10-11H,4,7,9H2,1-3H3. The van der Waals surface area contributed by atoms with Crippen molar-refractivity contribution >= 4 is 11.9 Å².